The second kappa shape index (κ2) is 12.2. The van der Waals surface area contributed by atoms with Crippen molar-refractivity contribution in [3.8, 4) is 11.5 Å². The third-order valence-electron chi connectivity index (χ3n) is 5.23. The van der Waals surface area contributed by atoms with Crippen LogP contribution in [0.15, 0.2) is 17.1 Å². The van der Waals surface area contributed by atoms with E-state index < -0.39 is 0 Å². The van der Waals surface area contributed by atoms with Crippen LogP contribution in [0.25, 0.3) is 0 Å². The SMILES string of the molecule is CCCCCNC(=NC)NCCCC(=O)N1CCc2cc(OC)c(OC)cc2C1. The zero-order valence-corrected chi connectivity index (χ0v) is 18.3. The van der Waals surface area contributed by atoms with Crippen LogP contribution < -0.4 is 20.1 Å². The lowest BCUT2D eigenvalue weighted by Crippen LogP contribution is -2.39. The molecule has 0 aliphatic carbocycles. The molecule has 1 aliphatic rings. The minimum Gasteiger partial charge on any atom is -0.493 e. The normalized spacial score (nSPS) is 13.7. The van der Waals surface area contributed by atoms with Gasteiger partial charge in [0.25, 0.3) is 0 Å². The maximum atomic E-state index is 12.6. The molecule has 1 aromatic rings. The quantitative estimate of drug-likeness (QED) is 0.356. The molecule has 2 rings (SSSR count). The van der Waals surface area contributed by atoms with Crippen molar-refractivity contribution in [2.24, 2.45) is 4.99 Å². The summed E-state index contributed by atoms with van der Waals surface area (Å²) in [6, 6.07) is 4.02. The zero-order chi connectivity index (χ0) is 21.1. The number of hydrogen-bond acceptors (Lipinski definition) is 4. The Balaban J connectivity index is 1.76. The van der Waals surface area contributed by atoms with Gasteiger partial charge in [0.2, 0.25) is 5.91 Å². The van der Waals surface area contributed by atoms with Gasteiger partial charge in [-0.3, -0.25) is 9.79 Å². The van der Waals surface area contributed by atoms with Crippen LogP contribution in [0, 0.1) is 0 Å². The first-order valence-electron chi connectivity index (χ1n) is 10.6. The summed E-state index contributed by atoms with van der Waals surface area (Å²) in [5, 5.41) is 6.59. The molecule has 0 fully saturated rings. The minimum atomic E-state index is 0.193. The summed E-state index contributed by atoms with van der Waals surface area (Å²) in [7, 11) is 5.05. The lowest BCUT2D eigenvalue weighted by molar-refractivity contribution is -0.132. The van der Waals surface area contributed by atoms with Crippen LogP contribution in [0.4, 0.5) is 0 Å². The minimum absolute atomic E-state index is 0.193. The molecule has 0 spiro atoms. The van der Waals surface area contributed by atoms with Crippen LogP contribution in [0.2, 0.25) is 0 Å². The van der Waals surface area contributed by atoms with Gasteiger partial charge in [-0.2, -0.15) is 0 Å². The van der Waals surface area contributed by atoms with Gasteiger partial charge in [-0.15, -0.1) is 0 Å². The summed E-state index contributed by atoms with van der Waals surface area (Å²) in [6.07, 6.45) is 5.72. The van der Waals surface area contributed by atoms with Gasteiger partial charge in [0.1, 0.15) is 0 Å². The second-order valence-corrected chi connectivity index (χ2v) is 7.28. The third kappa shape index (κ3) is 6.84. The van der Waals surface area contributed by atoms with E-state index in [1.54, 1.807) is 21.3 Å². The molecule has 29 heavy (non-hydrogen) atoms. The molecule has 0 radical (unpaired) electrons. The zero-order valence-electron chi connectivity index (χ0n) is 18.3. The number of ether oxygens (including phenoxy) is 2. The van der Waals surface area contributed by atoms with E-state index in [1.165, 1.54) is 18.4 Å². The molecule has 0 aromatic heterocycles. The molecule has 0 bridgehead atoms. The number of nitrogens with zero attached hydrogens (tertiary/aromatic N) is 2. The lowest BCUT2D eigenvalue weighted by atomic mass is 9.98. The van der Waals surface area contributed by atoms with Gasteiger partial charge in [0.15, 0.2) is 17.5 Å². The summed E-state index contributed by atoms with van der Waals surface area (Å²) in [5.74, 6) is 2.45. The van der Waals surface area contributed by atoms with Gasteiger partial charge < -0.3 is 25.0 Å². The molecule has 1 aliphatic heterocycles. The molecular weight excluding hydrogens is 368 g/mol. The summed E-state index contributed by atoms with van der Waals surface area (Å²) in [5.41, 5.74) is 2.36. The summed E-state index contributed by atoms with van der Waals surface area (Å²) in [4.78, 5) is 18.8. The van der Waals surface area contributed by atoms with Crippen molar-refractivity contribution >= 4 is 11.9 Å². The number of methoxy groups -OCH3 is 2. The lowest BCUT2D eigenvalue weighted by Gasteiger charge is -2.29. The smallest absolute Gasteiger partial charge is 0.222 e. The fourth-order valence-corrected chi connectivity index (χ4v) is 3.50. The fourth-order valence-electron chi connectivity index (χ4n) is 3.50. The first kappa shape index (κ1) is 22.8. The Labute approximate surface area is 174 Å². The molecule has 1 amide bonds. The average molecular weight is 405 g/mol. The van der Waals surface area contributed by atoms with Crippen LogP contribution in [0.1, 0.15) is 50.2 Å². The Morgan fingerprint density at radius 1 is 1.07 bits per heavy atom. The van der Waals surface area contributed by atoms with Gasteiger partial charge in [0.05, 0.1) is 14.2 Å². The van der Waals surface area contributed by atoms with Crippen molar-refractivity contribution in [3.63, 3.8) is 0 Å². The molecule has 1 aromatic carbocycles. The van der Waals surface area contributed by atoms with E-state index in [-0.39, 0.29) is 5.91 Å². The van der Waals surface area contributed by atoms with E-state index in [1.807, 2.05) is 17.0 Å². The van der Waals surface area contributed by atoms with E-state index in [4.69, 9.17) is 9.47 Å². The maximum absolute atomic E-state index is 12.6. The van der Waals surface area contributed by atoms with E-state index in [9.17, 15) is 4.79 Å². The molecule has 7 nitrogen and oxygen atoms in total. The Morgan fingerprint density at radius 3 is 2.34 bits per heavy atom. The number of aliphatic imine (C=N–C) groups is 1. The first-order chi connectivity index (χ1) is 14.1. The number of unbranched alkanes of at least 4 members (excludes halogenated alkanes) is 2. The van der Waals surface area contributed by atoms with Crippen LogP contribution in [0.5, 0.6) is 11.5 Å². The van der Waals surface area contributed by atoms with Crippen molar-refractivity contribution in [2.75, 3.05) is 40.9 Å². The molecule has 0 atom stereocenters. The van der Waals surface area contributed by atoms with Gasteiger partial charge in [0, 0.05) is 39.6 Å². The molecular formula is C22H36N4O3. The van der Waals surface area contributed by atoms with E-state index >= 15 is 0 Å². The van der Waals surface area contributed by atoms with Gasteiger partial charge in [-0.05, 0) is 42.5 Å². The number of carbonyl (C=O) groups excluding carboxylic acids is 1. The summed E-state index contributed by atoms with van der Waals surface area (Å²) < 4.78 is 10.8. The van der Waals surface area contributed by atoms with Crippen molar-refractivity contribution in [2.45, 2.75) is 52.0 Å². The van der Waals surface area contributed by atoms with Crippen LogP contribution in [0.3, 0.4) is 0 Å². The highest BCUT2D eigenvalue weighted by atomic mass is 16.5. The van der Waals surface area contributed by atoms with Crippen molar-refractivity contribution in [1.29, 1.82) is 0 Å². The van der Waals surface area contributed by atoms with Crippen molar-refractivity contribution in [1.82, 2.24) is 15.5 Å². The fraction of sp³-hybridized carbons (Fsp3) is 0.636. The monoisotopic (exact) mass is 404 g/mol. The highest BCUT2D eigenvalue weighted by Crippen LogP contribution is 2.33. The third-order valence-corrected chi connectivity index (χ3v) is 5.23. The first-order valence-corrected chi connectivity index (χ1v) is 10.6. The van der Waals surface area contributed by atoms with E-state index in [0.29, 0.717) is 18.7 Å². The highest BCUT2D eigenvalue weighted by Gasteiger charge is 2.22. The molecule has 0 saturated carbocycles. The number of hydrogen-bond donors (Lipinski definition) is 2. The Kier molecular flexibility index (Phi) is 9.60. The topological polar surface area (TPSA) is 75.2 Å². The number of amides is 1. The summed E-state index contributed by atoms with van der Waals surface area (Å²) in [6.45, 7) is 5.22. The van der Waals surface area contributed by atoms with Gasteiger partial charge in [-0.1, -0.05) is 19.8 Å². The standard InChI is InChI=1S/C22H36N4O3/c1-5-6-7-11-24-22(23-2)25-12-8-9-21(27)26-13-10-17-14-19(28-3)20(29-4)15-18(17)16-26/h14-15H,5-13,16H2,1-4H3,(H2,23,24,25). The number of carbonyl (C=O) groups is 1. The molecule has 2 N–H and O–H groups in total. The molecule has 162 valence electrons. The van der Waals surface area contributed by atoms with E-state index in [2.05, 4.69) is 22.5 Å². The molecule has 0 saturated heterocycles. The maximum Gasteiger partial charge on any atom is 0.222 e. The number of nitrogens with one attached hydrogen (secondary N) is 2. The van der Waals surface area contributed by atoms with Crippen LogP contribution in [-0.4, -0.2) is 57.7 Å². The molecule has 7 heteroatoms. The number of benzene rings is 1. The summed E-state index contributed by atoms with van der Waals surface area (Å²) >= 11 is 0. The Hall–Kier alpha value is -2.44. The second-order valence-electron chi connectivity index (χ2n) is 7.28. The van der Waals surface area contributed by atoms with Crippen molar-refractivity contribution < 1.29 is 14.3 Å². The van der Waals surface area contributed by atoms with Crippen molar-refractivity contribution in [3.05, 3.63) is 23.3 Å². The number of guanidine groups is 1. The molecule has 0 unspecified atom stereocenters. The average Bonchev–Trinajstić information content (AvgIpc) is 2.76. The van der Waals surface area contributed by atoms with Crippen LogP contribution >= 0.6 is 0 Å². The largest absolute Gasteiger partial charge is 0.493 e. The van der Waals surface area contributed by atoms with E-state index in [0.717, 1.165) is 56.2 Å². The molecule has 1 heterocycles. The number of fused-ring (bicyclic) bond motifs is 1. The predicted molar refractivity (Wildman–Crippen MR) is 117 cm³/mol. The Bertz CT molecular complexity index is 691. The van der Waals surface area contributed by atoms with Gasteiger partial charge >= 0.3 is 0 Å². The predicted octanol–water partition coefficient (Wildman–Crippen LogP) is 2.72. The van der Waals surface area contributed by atoms with Crippen LogP contribution in [-0.2, 0) is 17.8 Å². The van der Waals surface area contributed by atoms with Gasteiger partial charge in [-0.25, -0.2) is 0 Å². The number of rotatable bonds is 10. The Morgan fingerprint density at radius 2 is 1.72 bits per heavy atom. The highest BCUT2D eigenvalue weighted by molar-refractivity contribution is 5.80.